The zero-order valence-electron chi connectivity index (χ0n) is 14.8. The third kappa shape index (κ3) is 14.2. The van der Waals surface area contributed by atoms with E-state index in [0.29, 0.717) is 4.83 Å². The summed E-state index contributed by atoms with van der Waals surface area (Å²) in [5, 5.41) is 0. The fourth-order valence-corrected chi connectivity index (χ4v) is 2.69. The summed E-state index contributed by atoms with van der Waals surface area (Å²) in [6.07, 6.45) is 15.1. The van der Waals surface area contributed by atoms with Crippen LogP contribution in [0.4, 0.5) is 0 Å². The van der Waals surface area contributed by atoms with Crippen LogP contribution in [0.3, 0.4) is 0 Å². The van der Waals surface area contributed by atoms with Gasteiger partial charge in [-0.2, -0.15) is 0 Å². The Morgan fingerprint density at radius 2 is 1.24 bits per heavy atom. The molecule has 0 saturated carbocycles. The molecule has 0 rings (SSSR count). The van der Waals surface area contributed by atoms with Crippen LogP contribution in [-0.2, 0) is 0 Å². The van der Waals surface area contributed by atoms with Crippen molar-refractivity contribution in [2.24, 2.45) is 0 Å². The van der Waals surface area contributed by atoms with Crippen molar-refractivity contribution >= 4 is 15.9 Å². The second-order valence-corrected chi connectivity index (χ2v) is 7.63. The van der Waals surface area contributed by atoms with Gasteiger partial charge >= 0.3 is 0 Å². The lowest BCUT2D eigenvalue weighted by Gasteiger charge is -2.06. The van der Waals surface area contributed by atoms with Gasteiger partial charge in [0, 0.05) is 4.83 Å². The molecule has 0 fully saturated rings. The van der Waals surface area contributed by atoms with E-state index in [1.807, 2.05) is 0 Å². The van der Waals surface area contributed by atoms with E-state index in [-0.39, 0.29) is 0 Å². The van der Waals surface area contributed by atoms with Crippen molar-refractivity contribution in [3.05, 3.63) is 46.6 Å². The third-order valence-corrected chi connectivity index (χ3v) is 3.98. The molecular weight excluding hydrogens is 320 g/mol. The third-order valence-electron chi connectivity index (χ3n) is 3.34. The van der Waals surface area contributed by atoms with Gasteiger partial charge in [0.1, 0.15) is 0 Å². The molecule has 0 nitrogen and oxygen atoms in total. The quantitative estimate of drug-likeness (QED) is 0.297. The van der Waals surface area contributed by atoms with Crippen LogP contribution < -0.4 is 0 Å². The van der Waals surface area contributed by atoms with Gasteiger partial charge in [-0.15, -0.1) is 0 Å². The SMILES string of the molecule is CC(C)=CCC/C(C)=C/CC(Br)/C=C(\C)CCC=C(C)C. The largest absolute Gasteiger partial charge is 0.0856 e. The molecule has 1 unspecified atom stereocenters. The predicted octanol–water partition coefficient (Wildman–Crippen LogP) is 7.53. The maximum absolute atomic E-state index is 3.77. The first-order chi connectivity index (χ1) is 9.81. The van der Waals surface area contributed by atoms with Crippen LogP contribution in [0, 0.1) is 0 Å². The molecule has 0 amide bonds. The highest BCUT2D eigenvalue weighted by molar-refractivity contribution is 9.09. The normalized spacial score (nSPS) is 13.9. The Balaban J connectivity index is 4.14. The number of rotatable bonds is 9. The molecule has 0 aliphatic rings. The molecule has 1 heteroatoms. The van der Waals surface area contributed by atoms with E-state index in [1.54, 1.807) is 0 Å². The summed E-state index contributed by atoms with van der Waals surface area (Å²) in [4.78, 5) is 0.461. The standard InChI is InChI=1S/C20H33Br/c1-16(2)9-7-11-18(5)13-14-20(21)15-19(6)12-8-10-17(3)4/h9-10,13,15,20H,7-8,11-12,14H2,1-6H3/b18-13+,19-15+. The highest BCUT2D eigenvalue weighted by Crippen LogP contribution is 2.16. The molecule has 0 aromatic rings. The molecule has 120 valence electrons. The van der Waals surface area contributed by atoms with E-state index in [0.717, 1.165) is 25.7 Å². The number of hydrogen-bond donors (Lipinski definition) is 0. The fourth-order valence-electron chi connectivity index (χ4n) is 2.05. The van der Waals surface area contributed by atoms with Crippen molar-refractivity contribution in [3.63, 3.8) is 0 Å². The van der Waals surface area contributed by atoms with E-state index in [2.05, 4.69) is 81.8 Å². The molecule has 0 aromatic carbocycles. The monoisotopic (exact) mass is 352 g/mol. The van der Waals surface area contributed by atoms with E-state index in [1.165, 1.54) is 28.7 Å². The van der Waals surface area contributed by atoms with E-state index < -0.39 is 0 Å². The van der Waals surface area contributed by atoms with Gasteiger partial charge in [-0.1, -0.05) is 62.5 Å². The van der Waals surface area contributed by atoms with Crippen molar-refractivity contribution in [3.8, 4) is 0 Å². The summed E-state index contributed by atoms with van der Waals surface area (Å²) in [5.41, 5.74) is 5.79. The molecule has 0 radical (unpaired) electrons. The summed E-state index contributed by atoms with van der Waals surface area (Å²) >= 11 is 3.77. The summed E-state index contributed by atoms with van der Waals surface area (Å²) in [5.74, 6) is 0. The summed E-state index contributed by atoms with van der Waals surface area (Å²) in [7, 11) is 0. The average molecular weight is 353 g/mol. The Morgan fingerprint density at radius 1 is 0.762 bits per heavy atom. The van der Waals surface area contributed by atoms with Gasteiger partial charge in [0.2, 0.25) is 0 Å². The van der Waals surface area contributed by atoms with E-state index in [4.69, 9.17) is 0 Å². The lowest BCUT2D eigenvalue weighted by Crippen LogP contribution is -1.93. The Labute approximate surface area is 141 Å². The van der Waals surface area contributed by atoms with Crippen LogP contribution in [-0.4, -0.2) is 4.83 Å². The van der Waals surface area contributed by atoms with Crippen molar-refractivity contribution in [2.75, 3.05) is 0 Å². The van der Waals surface area contributed by atoms with Crippen LogP contribution in [0.25, 0.3) is 0 Å². The molecular formula is C20H33Br. The van der Waals surface area contributed by atoms with Crippen LogP contribution in [0.5, 0.6) is 0 Å². The van der Waals surface area contributed by atoms with E-state index in [9.17, 15) is 0 Å². The highest BCUT2D eigenvalue weighted by atomic mass is 79.9. The fraction of sp³-hybridized carbons (Fsp3) is 0.600. The predicted molar refractivity (Wildman–Crippen MR) is 102 cm³/mol. The number of alkyl halides is 1. The smallest absolute Gasteiger partial charge is 0.0362 e. The maximum Gasteiger partial charge on any atom is 0.0362 e. The van der Waals surface area contributed by atoms with Gasteiger partial charge < -0.3 is 0 Å². The van der Waals surface area contributed by atoms with E-state index >= 15 is 0 Å². The minimum atomic E-state index is 0.461. The van der Waals surface area contributed by atoms with Gasteiger partial charge in [0.25, 0.3) is 0 Å². The Hall–Kier alpha value is -0.560. The second-order valence-electron chi connectivity index (χ2n) is 6.46. The molecule has 0 saturated heterocycles. The highest BCUT2D eigenvalue weighted by Gasteiger charge is 2.00. The topological polar surface area (TPSA) is 0 Å². The summed E-state index contributed by atoms with van der Waals surface area (Å²) in [6.45, 7) is 13.1. The lowest BCUT2D eigenvalue weighted by atomic mass is 10.1. The van der Waals surface area contributed by atoms with Crippen molar-refractivity contribution < 1.29 is 0 Å². The average Bonchev–Trinajstić information content (AvgIpc) is 2.35. The summed E-state index contributed by atoms with van der Waals surface area (Å²) < 4.78 is 0. The molecule has 0 aliphatic heterocycles. The molecule has 0 spiro atoms. The zero-order chi connectivity index (χ0) is 16.3. The lowest BCUT2D eigenvalue weighted by molar-refractivity contribution is 0.926. The zero-order valence-corrected chi connectivity index (χ0v) is 16.4. The number of halogens is 1. The second kappa shape index (κ2) is 12.0. The van der Waals surface area contributed by atoms with Gasteiger partial charge in [-0.05, 0) is 73.6 Å². The minimum absolute atomic E-state index is 0.461. The molecule has 0 aromatic heterocycles. The summed E-state index contributed by atoms with van der Waals surface area (Å²) in [6, 6.07) is 0. The van der Waals surface area contributed by atoms with Gasteiger partial charge in [-0.25, -0.2) is 0 Å². The van der Waals surface area contributed by atoms with Crippen LogP contribution in [0.2, 0.25) is 0 Å². The first kappa shape index (κ1) is 20.4. The van der Waals surface area contributed by atoms with Crippen LogP contribution >= 0.6 is 15.9 Å². The van der Waals surface area contributed by atoms with Crippen molar-refractivity contribution in [1.29, 1.82) is 0 Å². The molecule has 0 aliphatic carbocycles. The molecule has 0 N–H and O–H groups in total. The Kier molecular flexibility index (Phi) is 11.7. The van der Waals surface area contributed by atoms with Crippen LogP contribution in [0.1, 0.15) is 73.6 Å². The molecule has 0 heterocycles. The minimum Gasteiger partial charge on any atom is -0.0856 e. The maximum atomic E-state index is 3.77. The number of allylic oxidation sites excluding steroid dienone is 8. The molecule has 0 bridgehead atoms. The van der Waals surface area contributed by atoms with Crippen molar-refractivity contribution in [2.45, 2.75) is 78.5 Å². The number of hydrogen-bond acceptors (Lipinski definition) is 0. The first-order valence-corrected chi connectivity index (χ1v) is 8.96. The Bertz CT molecular complexity index is 400. The Morgan fingerprint density at radius 3 is 1.71 bits per heavy atom. The van der Waals surface area contributed by atoms with Gasteiger partial charge in [0.05, 0.1) is 0 Å². The van der Waals surface area contributed by atoms with Gasteiger partial charge in [0.15, 0.2) is 0 Å². The van der Waals surface area contributed by atoms with Crippen LogP contribution in [0.15, 0.2) is 46.6 Å². The molecule has 1 atom stereocenters. The first-order valence-electron chi connectivity index (χ1n) is 8.05. The van der Waals surface area contributed by atoms with Crippen molar-refractivity contribution in [1.82, 2.24) is 0 Å². The molecule has 21 heavy (non-hydrogen) atoms. The van der Waals surface area contributed by atoms with Gasteiger partial charge in [-0.3, -0.25) is 0 Å².